The number of carbonyl (C=O) groups is 1. The van der Waals surface area contributed by atoms with E-state index in [0.29, 0.717) is 0 Å². The minimum Gasteiger partial charge on any atom is -0.469 e. The van der Waals surface area contributed by atoms with E-state index < -0.39 is 0 Å². The molecule has 0 aliphatic rings. The summed E-state index contributed by atoms with van der Waals surface area (Å²) >= 11 is 0. The second-order valence-electron chi connectivity index (χ2n) is 3.80. The molecule has 15 heavy (non-hydrogen) atoms. The lowest BCUT2D eigenvalue weighted by Crippen LogP contribution is -2.12. The molecule has 0 radical (unpaired) electrons. The Kier molecular flexibility index (Phi) is 4.88. The van der Waals surface area contributed by atoms with Crippen LogP contribution in [0.2, 0.25) is 0 Å². The number of hydrogen-bond acceptors (Lipinski definition) is 2. The monoisotopic (exact) mass is 206 g/mol. The van der Waals surface area contributed by atoms with Crippen molar-refractivity contribution in [2.75, 3.05) is 7.11 Å². The van der Waals surface area contributed by atoms with Crippen molar-refractivity contribution in [3.8, 4) is 0 Å². The van der Waals surface area contributed by atoms with Gasteiger partial charge in [-0.1, -0.05) is 37.3 Å². The maximum absolute atomic E-state index is 11.1. The van der Waals surface area contributed by atoms with Gasteiger partial charge in [0.25, 0.3) is 0 Å². The summed E-state index contributed by atoms with van der Waals surface area (Å²) in [7, 11) is 1.44. The molecule has 0 heterocycles. The summed E-state index contributed by atoms with van der Waals surface area (Å²) in [5, 5.41) is 0. The van der Waals surface area contributed by atoms with Crippen molar-refractivity contribution in [2.45, 2.75) is 26.2 Å². The Balaban J connectivity index is 2.25. The third-order valence-electron chi connectivity index (χ3n) is 2.55. The smallest absolute Gasteiger partial charge is 0.308 e. The first-order chi connectivity index (χ1) is 7.24. The Labute approximate surface area is 91.3 Å². The molecule has 0 spiro atoms. The van der Waals surface area contributed by atoms with Crippen molar-refractivity contribution in [2.24, 2.45) is 5.92 Å². The largest absolute Gasteiger partial charge is 0.469 e. The van der Waals surface area contributed by atoms with Crippen LogP contribution in [0.25, 0.3) is 0 Å². The second kappa shape index (κ2) is 6.23. The average molecular weight is 206 g/mol. The van der Waals surface area contributed by atoms with E-state index in [-0.39, 0.29) is 11.9 Å². The van der Waals surface area contributed by atoms with Crippen molar-refractivity contribution in [3.63, 3.8) is 0 Å². The van der Waals surface area contributed by atoms with Crippen LogP contribution in [-0.2, 0) is 16.0 Å². The molecule has 0 amide bonds. The predicted molar refractivity (Wildman–Crippen MR) is 60.6 cm³/mol. The van der Waals surface area contributed by atoms with Gasteiger partial charge in [-0.2, -0.15) is 0 Å². The molecule has 1 aromatic carbocycles. The Morgan fingerprint density at radius 2 is 2.00 bits per heavy atom. The molecule has 0 saturated carbocycles. The highest BCUT2D eigenvalue weighted by Gasteiger charge is 2.11. The van der Waals surface area contributed by atoms with Crippen molar-refractivity contribution >= 4 is 5.97 Å². The molecule has 0 saturated heterocycles. The second-order valence-corrected chi connectivity index (χ2v) is 3.80. The average Bonchev–Trinajstić information content (AvgIpc) is 2.29. The fourth-order valence-corrected chi connectivity index (χ4v) is 1.58. The lowest BCUT2D eigenvalue weighted by atomic mass is 10.0. The molecular weight excluding hydrogens is 188 g/mol. The molecule has 1 aromatic rings. The van der Waals surface area contributed by atoms with Crippen LogP contribution >= 0.6 is 0 Å². The normalized spacial score (nSPS) is 12.1. The number of benzene rings is 1. The summed E-state index contributed by atoms with van der Waals surface area (Å²) in [6.45, 7) is 1.91. The van der Waals surface area contributed by atoms with E-state index in [1.54, 1.807) is 0 Å². The van der Waals surface area contributed by atoms with Gasteiger partial charge in [-0.3, -0.25) is 4.79 Å². The number of carbonyl (C=O) groups excluding carboxylic acids is 1. The summed E-state index contributed by atoms with van der Waals surface area (Å²) in [5.74, 6) is -0.0956. The van der Waals surface area contributed by atoms with E-state index in [0.717, 1.165) is 19.3 Å². The fourth-order valence-electron chi connectivity index (χ4n) is 1.58. The molecule has 0 unspecified atom stereocenters. The predicted octanol–water partition coefficient (Wildman–Crippen LogP) is 2.82. The van der Waals surface area contributed by atoms with E-state index in [1.807, 2.05) is 25.1 Å². The van der Waals surface area contributed by atoms with Crippen LogP contribution in [-0.4, -0.2) is 13.1 Å². The molecule has 2 heteroatoms. The Morgan fingerprint density at radius 1 is 1.33 bits per heavy atom. The molecule has 0 N–H and O–H groups in total. The summed E-state index contributed by atoms with van der Waals surface area (Å²) in [4.78, 5) is 11.1. The van der Waals surface area contributed by atoms with E-state index in [2.05, 4.69) is 16.9 Å². The number of methoxy groups -OCH3 is 1. The van der Waals surface area contributed by atoms with Crippen LogP contribution in [0, 0.1) is 5.92 Å². The summed E-state index contributed by atoms with van der Waals surface area (Å²) in [6.07, 6.45) is 2.95. The van der Waals surface area contributed by atoms with Gasteiger partial charge < -0.3 is 4.74 Å². The first kappa shape index (κ1) is 11.8. The minimum atomic E-state index is -0.108. The van der Waals surface area contributed by atoms with Gasteiger partial charge in [0.05, 0.1) is 13.0 Å². The zero-order valence-electron chi connectivity index (χ0n) is 9.40. The first-order valence-electron chi connectivity index (χ1n) is 5.36. The van der Waals surface area contributed by atoms with E-state index in [9.17, 15) is 4.79 Å². The zero-order valence-corrected chi connectivity index (χ0v) is 9.40. The maximum atomic E-state index is 11.1. The maximum Gasteiger partial charge on any atom is 0.308 e. The topological polar surface area (TPSA) is 26.3 Å². The van der Waals surface area contributed by atoms with E-state index in [4.69, 9.17) is 0 Å². The van der Waals surface area contributed by atoms with Gasteiger partial charge in [0.2, 0.25) is 0 Å². The van der Waals surface area contributed by atoms with Gasteiger partial charge in [-0.05, 0) is 24.8 Å². The molecule has 0 aromatic heterocycles. The number of esters is 1. The van der Waals surface area contributed by atoms with Crippen LogP contribution < -0.4 is 0 Å². The Bertz CT molecular complexity index is 293. The lowest BCUT2D eigenvalue weighted by Gasteiger charge is -2.08. The molecule has 0 fully saturated rings. The molecule has 1 rings (SSSR count). The quantitative estimate of drug-likeness (QED) is 0.692. The summed E-state index contributed by atoms with van der Waals surface area (Å²) < 4.78 is 4.68. The molecule has 0 aliphatic heterocycles. The van der Waals surface area contributed by atoms with E-state index >= 15 is 0 Å². The molecule has 0 aliphatic carbocycles. The molecule has 2 nitrogen and oxygen atoms in total. The Hall–Kier alpha value is -1.31. The van der Waals surface area contributed by atoms with Crippen LogP contribution in [0.5, 0.6) is 0 Å². The van der Waals surface area contributed by atoms with Crippen molar-refractivity contribution in [1.82, 2.24) is 0 Å². The van der Waals surface area contributed by atoms with Gasteiger partial charge in [0.1, 0.15) is 0 Å². The molecular formula is C13H18O2. The summed E-state index contributed by atoms with van der Waals surface area (Å²) in [6, 6.07) is 10.3. The third kappa shape index (κ3) is 4.15. The standard InChI is InChI=1S/C13H18O2/c1-11(13(14)15-2)7-6-10-12-8-4-3-5-9-12/h3-5,8-9,11H,6-7,10H2,1-2H3/t11-/m0/s1. The van der Waals surface area contributed by atoms with Crippen LogP contribution in [0.3, 0.4) is 0 Å². The minimum absolute atomic E-state index is 0.0127. The molecule has 1 atom stereocenters. The third-order valence-corrected chi connectivity index (χ3v) is 2.55. The van der Waals surface area contributed by atoms with Crippen LogP contribution in [0.1, 0.15) is 25.3 Å². The number of hydrogen-bond donors (Lipinski definition) is 0. The van der Waals surface area contributed by atoms with Crippen molar-refractivity contribution in [3.05, 3.63) is 35.9 Å². The zero-order chi connectivity index (χ0) is 11.1. The van der Waals surface area contributed by atoms with Crippen LogP contribution in [0.15, 0.2) is 30.3 Å². The van der Waals surface area contributed by atoms with Gasteiger partial charge in [-0.25, -0.2) is 0 Å². The van der Waals surface area contributed by atoms with Crippen LogP contribution in [0.4, 0.5) is 0 Å². The summed E-state index contributed by atoms with van der Waals surface area (Å²) in [5.41, 5.74) is 1.33. The van der Waals surface area contributed by atoms with Gasteiger partial charge >= 0.3 is 5.97 Å². The lowest BCUT2D eigenvalue weighted by molar-refractivity contribution is -0.145. The van der Waals surface area contributed by atoms with Crippen molar-refractivity contribution in [1.29, 1.82) is 0 Å². The highest BCUT2D eigenvalue weighted by molar-refractivity contribution is 5.71. The number of aryl methyl sites for hydroxylation is 1. The first-order valence-corrected chi connectivity index (χ1v) is 5.36. The van der Waals surface area contributed by atoms with Gasteiger partial charge in [0.15, 0.2) is 0 Å². The number of rotatable bonds is 5. The Morgan fingerprint density at radius 3 is 2.60 bits per heavy atom. The SMILES string of the molecule is COC(=O)[C@@H](C)CCCc1ccccc1. The highest BCUT2D eigenvalue weighted by Crippen LogP contribution is 2.11. The molecule has 82 valence electrons. The molecule has 0 bridgehead atoms. The fraction of sp³-hybridized carbons (Fsp3) is 0.462. The highest BCUT2D eigenvalue weighted by atomic mass is 16.5. The van der Waals surface area contributed by atoms with E-state index in [1.165, 1.54) is 12.7 Å². The van der Waals surface area contributed by atoms with Crippen molar-refractivity contribution < 1.29 is 9.53 Å². The number of ether oxygens (including phenoxy) is 1. The van der Waals surface area contributed by atoms with Gasteiger partial charge in [-0.15, -0.1) is 0 Å². The van der Waals surface area contributed by atoms with Gasteiger partial charge in [0, 0.05) is 0 Å².